The van der Waals surface area contributed by atoms with Gasteiger partial charge in [0.25, 0.3) is 0 Å². The van der Waals surface area contributed by atoms with Gasteiger partial charge in [-0.15, -0.1) is 0 Å². The largest absolute Gasteiger partial charge is 0.467 e. The van der Waals surface area contributed by atoms with E-state index in [2.05, 4.69) is 21.3 Å². The summed E-state index contributed by atoms with van der Waals surface area (Å²) < 4.78 is 23.8. The van der Waals surface area contributed by atoms with E-state index >= 15 is 0 Å². The average Bonchev–Trinajstić information content (AvgIpc) is 2.94. The molecular weight excluding hydrogens is 568 g/mol. The lowest BCUT2D eigenvalue weighted by atomic mass is 9.83. The molecule has 1 unspecified atom stereocenters. The van der Waals surface area contributed by atoms with Crippen molar-refractivity contribution in [2.24, 2.45) is 17.2 Å². The molecule has 2 heterocycles. The van der Waals surface area contributed by atoms with E-state index in [0.29, 0.717) is 18.7 Å². The molecule has 0 aromatic carbocycles. The molecule has 3 rings (SSSR count). The number of carbonyl (C=O) groups is 1. The van der Waals surface area contributed by atoms with Gasteiger partial charge >= 0.3 is 0 Å². The summed E-state index contributed by atoms with van der Waals surface area (Å²) in [5.41, 5.74) is 16.6. The maximum atomic E-state index is 12.9. The van der Waals surface area contributed by atoms with Gasteiger partial charge < -0.3 is 77.8 Å². The molecule has 2 aliphatic heterocycles. The third kappa shape index (κ3) is 9.18. The van der Waals surface area contributed by atoms with Crippen LogP contribution in [0.25, 0.3) is 0 Å². The van der Waals surface area contributed by atoms with E-state index in [1.165, 1.54) is 6.92 Å². The van der Waals surface area contributed by atoms with E-state index in [1.54, 1.807) is 7.05 Å². The first-order valence-corrected chi connectivity index (χ1v) is 14.6. The summed E-state index contributed by atoms with van der Waals surface area (Å²) in [6.07, 6.45) is -6.45. The SMILES string of the molecule is CCNCC1=CC[C@@H](N)[C@@H](OC2[C@@H](N)C[C@@H](NC(=O)[C@@H](O)CCNC(=N)N)[C@H](O[C@H]3OC[C@](C)(O)[C@H](NC)[C@H]3O)[C@H]2O)O1. The van der Waals surface area contributed by atoms with Gasteiger partial charge in [0.05, 0.1) is 31.3 Å². The minimum absolute atomic E-state index is 0.0486. The quantitative estimate of drug-likeness (QED) is 0.0681. The number of carbonyl (C=O) groups excluding carboxylic acids is 1. The van der Waals surface area contributed by atoms with Crippen LogP contribution >= 0.6 is 0 Å². The number of aliphatic hydroxyl groups is 4. The molecular formula is C26H50N8O9. The lowest BCUT2D eigenvalue weighted by Crippen LogP contribution is -2.69. The smallest absolute Gasteiger partial charge is 0.249 e. The van der Waals surface area contributed by atoms with Crippen molar-refractivity contribution in [2.75, 3.05) is 33.3 Å². The molecule has 12 atom stereocenters. The van der Waals surface area contributed by atoms with E-state index in [4.69, 9.17) is 41.6 Å². The number of hydrogen-bond donors (Lipinski definition) is 12. The Balaban J connectivity index is 1.79. The molecule has 0 aromatic heterocycles. The Morgan fingerprint density at radius 3 is 2.56 bits per heavy atom. The zero-order valence-electron chi connectivity index (χ0n) is 24.9. The van der Waals surface area contributed by atoms with Gasteiger partial charge in [-0.1, -0.05) is 6.92 Å². The molecule has 17 heteroatoms. The average molecular weight is 619 g/mol. The first-order valence-electron chi connectivity index (χ1n) is 14.6. The lowest BCUT2D eigenvalue weighted by Gasteiger charge is -2.48. The highest BCUT2D eigenvalue weighted by Gasteiger charge is 2.51. The predicted octanol–water partition coefficient (Wildman–Crippen LogP) is -4.81. The summed E-state index contributed by atoms with van der Waals surface area (Å²) in [5, 5.41) is 62.0. The molecule has 0 bridgehead atoms. The number of ether oxygens (including phenoxy) is 4. The fraction of sp³-hybridized carbons (Fsp3) is 0.846. The number of amides is 1. The maximum absolute atomic E-state index is 12.9. The summed E-state index contributed by atoms with van der Waals surface area (Å²) in [6.45, 7) is 4.56. The number of nitrogens with two attached hydrogens (primary N) is 3. The van der Waals surface area contributed by atoms with Gasteiger partial charge in [-0.05, 0) is 45.9 Å². The first-order chi connectivity index (χ1) is 20.3. The van der Waals surface area contributed by atoms with Gasteiger partial charge in [-0.2, -0.15) is 0 Å². The van der Waals surface area contributed by atoms with Crippen molar-refractivity contribution in [2.45, 2.75) is 106 Å². The molecule has 1 aliphatic carbocycles. The Kier molecular flexibility index (Phi) is 12.9. The van der Waals surface area contributed by atoms with Gasteiger partial charge in [0, 0.05) is 12.6 Å². The van der Waals surface area contributed by atoms with E-state index < -0.39 is 78.8 Å². The van der Waals surface area contributed by atoms with E-state index in [1.807, 2.05) is 13.0 Å². The summed E-state index contributed by atoms with van der Waals surface area (Å²) >= 11 is 0. The number of likely N-dealkylation sites (N-methyl/N-ethyl adjacent to an activating group) is 2. The van der Waals surface area contributed by atoms with Gasteiger partial charge in [-0.3, -0.25) is 10.2 Å². The fourth-order valence-corrected chi connectivity index (χ4v) is 5.52. The Labute approximate surface area is 251 Å². The molecule has 0 radical (unpaired) electrons. The second-order valence-electron chi connectivity index (χ2n) is 11.5. The highest BCUT2D eigenvalue weighted by Crippen LogP contribution is 2.32. The Morgan fingerprint density at radius 2 is 1.91 bits per heavy atom. The van der Waals surface area contributed by atoms with Crippen molar-refractivity contribution in [1.29, 1.82) is 5.41 Å². The van der Waals surface area contributed by atoms with Crippen LogP contribution in [0.15, 0.2) is 11.8 Å². The third-order valence-corrected chi connectivity index (χ3v) is 7.89. The number of guanidine groups is 1. The standard InChI is InChI=1S/C26H50N8O9/c1-4-32-10-12-5-6-13(27)23(41-12)42-19-14(28)9-15(34-22(38)16(35)7-8-33-25(29)30)20(17(19)36)43-24-18(37)21(31-3)26(2,39)11-40-24/h5,13-21,23-24,31-32,35-37,39H,4,6-11,27-28H2,1-3H3,(H,34,38)(H4,29,30,33)/t13-,14+,15-,16+,17+,18-,19?,20+,21-,23-,24-,26+/m1/s1. The zero-order chi connectivity index (χ0) is 31.9. The third-order valence-electron chi connectivity index (χ3n) is 7.89. The fourth-order valence-electron chi connectivity index (χ4n) is 5.52. The molecule has 3 aliphatic rings. The number of rotatable bonds is 13. The summed E-state index contributed by atoms with van der Waals surface area (Å²) in [7, 11) is 1.57. The first kappa shape index (κ1) is 35.3. The zero-order valence-corrected chi connectivity index (χ0v) is 24.9. The minimum Gasteiger partial charge on any atom is -0.467 e. The molecule has 2 fully saturated rings. The van der Waals surface area contributed by atoms with Gasteiger partial charge in [0.15, 0.2) is 12.2 Å². The monoisotopic (exact) mass is 618 g/mol. The van der Waals surface area contributed by atoms with Crippen LogP contribution in [0, 0.1) is 5.41 Å². The Morgan fingerprint density at radius 1 is 1.21 bits per heavy atom. The van der Waals surface area contributed by atoms with E-state index in [0.717, 1.165) is 6.54 Å². The summed E-state index contributed by atoms with van der Waals surface area (Å²) in [5.74, 6) is -0.425. The van der Waals surface area contributed by atoms with Crippen LogP contribution in [-0.2, 0) is 23.7 Å². The number of hydrogen-bond acceptors (Lipinski definition) is 14. The molecule has 0 spiro atoms. The molecule has 1 saturated heterocycles. The highest BCUT2D eigenvalue weighted by molar-refractivity contribution is 5.81. The second kappa shape index (κ2) is 15.7. The van der Waals surface area contributed by atoms with Gasteiger partial charge in [0.1, 0.15) is 41.9 Å². The van der Waals surface area contributed by atoms with E-state index in [-0.39, 0.29) is 32.0 Å². The Bertz CT molecular complexity index is 960. The van der Waals surface area contributed by atoms with Crippen molar-refractivity contribution in [3.63, 3.8) is 0 Å². The van der Waals surface area contributed by atoms with Crippen molar-refractivity contribution in [3.8, 4) is 0 Å². The number of aliphatic hydroxyl groups excluding tert-OH is 3. The van der Waals surface area contributed by atoms with Crippen LogP contribution in [0.4, 0.5) is 0 Å². The molecule has 248 valence electrons. The topological polar surface area (TPSA) is 285 Å². The van der Waals surface area contributed by atoms with Crippen LogP contribution in [0.2, 0.25) is 0 Å². The van der Waals surface area contributed by atoms with Crippen molar-refractivity contribution >= 4 is 11.9 Å². The second-order valence-corrected chi connectivity index (χ2v) is 11.5. The van der Waals surface area contributed by atoms with Gasteiger partial charge in [-0.25, -0.2) is 0 Å². The van der Waals surface area contributed by atoms with Crippen molar-refractivity contribution in [3.05, 3.63) is 11.8 Å². The van der Waals surface area contributed by atoms with Crippen LogP contribution in [-0.4, -0.2) is 138 Å². The molecule has 0 aromatic rings. The highest BCUT2D eigenvalue weighted by atomic mass is 16.7. The molecule has 1 saturated carbocycles. The molecule has 15 N–H and O–H groups in total. The number of nitrogens with one attached hydrogen (secondary N) is 5. The van der Waals surface area contributed by atoms with Crippen LogP contribution in [0.5, 0.6) is 0 Å². The van der Waals surface area contributed by atoms with E-state index in [9.17, 15) is 25.2 Å². The maximum Gasteiger partial charge on any atom is 0.249 e. The predicted molar refractivity (Wildman–Crippen MR) is 154 cm³/mol. The summed E-state index contributed by atoms with van der Waals surface area (Å²) in [6, 6.07) is -3.13. The van der Waals surface area contributed by atoms with Crippen LogP contribution in [0.1, 0.15) is 33.1 Å². The normalized spacial score (nSPS) is 38.9. The summed E-state index contributed by atoms with van der Waals surface area (Å²) in [4.78, 5) is 12.9. The molecule has 17 nitrogen and oxygen atoms in total. The lowest BCUT2D eigenvalue weighted by molar-refractivity contribution is -0.304. The minimum atomic E-state index is -1.47. The molecule has 43 heavy (non-hydrogen) atoms. The van der Waals surface area contributed by atoms with Gasteiger partial charge in [0.2, 0.25) is 12.2 Å². The van der Waals surface area contributed by atoms with Crippen molar-refractivity contribution in [1.82, 2.24) is 21.3 Å². The molecule has 1 amide bonds. The van der Waals surface area contributed by atoms with Crippen molar-refractivity contribution < 1.29 is 44.2 Å². The Hall–Kier alpha value is -2.16. The van der Waals surface area contributed by atoms with Crippen LogP contribution < -0.4 is 38.5 Å². The van der Waals surface area contributed by atoms with Crippen LogP contribution in [0.3, 0.4) is 0 Å².